The van der Waals surface area contributed by atoms with Crippen LogP contribution >= 0.6 is 12.4 Å². The zero-order valence-corrected chi connectivity index (χ0v) is 7.27. The van der Waals surface area contributed by atoms with E-state index in [1.54, 1.807) is 0 Å². The van der Waals surface area contributed by atoms with Gasteiger partial charge in [-0.1, -0.05) is 6.42 Å². The lowest BCUT2D eigenvalue weighted by molar-refractivity contribution is -0.122. The Balaban J connectivity index is 0.000001000. The molecule has 1 fully saturated rings. The lowest BCUT2D eigenvalue weighted by Gasteiger charge is -2.23. The molecule has 0 spiro atoms. The largest absolute Gasteiger partial charge is 0.369 e. The molecule has 66 valence electrons. The molecule has 1 rings (SSSR count). The smallest absolute Gasteiger partial charge is 0.220 e. The highest BCUT2D eigenvalue weighted by Crippen LogP contribution is 2.22. The van der Waals surface area contributed by atoms with E-state index in [-0.39, 0.29) is 30.3 Å². The molecular formula is C7H15ClN2O. The predicted molar refractivity (Wildman–Crippen MR) is 46.4 cm³/mol. The van der Waals surface area contributed by atoms with Crippen molar-refractivity contribution in [3.8, 4) is 0 Å². The van der Waals surface area contributed by atoms with E-state index in [1.165, 1.54) is 0 Å². The Bertz CT molecular complexity index is 140. The van der Waals surface area contributed by atoms with Crippen LogP contribution in [0, 0.1) is 5.92 Å². The van der Waals surface area contributed by atoms with Crippen LogP contribution in [0.1, 0.15) is 25.7 Å². The Morgan fingerprint density at radius 2 is 2.00 bits per heavy atom. The Morgan fingerprint density at radius 3 is 2.36 bits per heavy atom. The van der Waals surface area contributed by atoms with Crippen LogP contribution in [0.3, 0.4) is 0 Å². The van der Waals surface area contributed by atoms with Crippen molar-refractivity contribution in [3.63, 3.8) is 0 Å². The normalized spacial score (nSPS) is 30.6. The minimum Gasteiger partial charge on any atom is -0.369 e. The number of primary amides is 1. The maximum absolute atomic E-state index is 10.7. The summed E-state index contributed by atoms with van der Waals surface area (Å²) in [6.45, 7) is 0. The average molecular weight is 179 g/mol. The molecule has 0 unspecified atom stereocenters. The number of carbonyl (C=O) groups excluding carboxylic acids is 1. The van der Waals surface area contributed by atoms with Crippen LogP contribution in [0.2, 0.25) is 0 Å². The SMILES string of the molecule is Cl.NC(=O)[C@@H]1CCC[C@H](N)C1. The fraction of sp³-hybridized carbons (Fsp3) is 0.857. The van der Waals surface area contributed by atoms with Crippen molar-refractivity contribution in [1.29, 1.82) is 0 Å². The number of halogens is 1. The van der Waals surface area contributed by atoms with Gasteiger partial charge >= 0.3 is 0 Å². The standard InChI is InChI=1S/C7H14N2O.ClH/c8-6-3-1-2-5(4-6)7(9)10;/h5-6H,1-4,8H2,(H2,9,10);1H/t5-,6+;/m1./s1. The van der Waals surface area contributed by atoms with Crippen LogP contribution in [0.25, 0.3) is 0 Å². The number of amides is 1. The topological polar surface area (TPSA) is 69.1 Å². The minimum absolute atomic E-state index is 0. The highest BCUT2D eigenvalue weighted by atomic mass is 35.5. The highest BCUT2D eigenvalue weighted by Gasteiger charge is 2.22. The van der Waals surface area contributed by atoms with Crippen molar-refractivity contribution in [2.75, 3.05) is 0 Å². The van der Waals surface area contributed by atoms with E-state index in [9.17, 15) is 4.79 Å². The molecule has 0 bridgehead atoms. The maximum Gasteiger partial charge on any atom is 0.220 e. The number of rotatable bonds is 1. The Labute approximate surface area is 72.9 Å². The summed E-state index contributed by atoms with van der Waals surface area (Å²) in [6.07, 6.45) is 3.82. The first-order valence-electron chi connectivity index (χ1n) is 3.75. The summed E-state index contributed by atoms with van der Waals surface area (Å²) in [6, 6.07) is 0.200. The van der Waals surface area contributed by atoms with E-state index in [1.807, 2.05) is 0 Å². The van der Waals surface area contributed by atoms with Gasteiger partial charge in [0.2, 0.25) is 5.91 Å². The summed E-state index contributed by atoms with van der Waals surface area (Å²) >= 11 is 0. The Hall–Kier alpha value is -0.280. The zero-order chi connectivity index (χ0) is 7.56. The quantitative estimate of drug-likeness (QED) is 0.611. The molecule has 0 aromatic heterocycles. The fourth-order valence-electron chi connectivity index (χ4n) is 1.49. The second-order valence-electron chi connectivity index (χ2n) is 3.03. The van der Waals surface area contributed by atoms with Crippen molar-refractivity contribution in [2.24, 2.45) is 17.4 Å². The van der Waals surface area contributed by atoms with Crippen molar-refractivity contribution in [3.05, 3.63) is 0 Å². The molecule has 1 amide bonds. The second kappa shape index (κ2) is 4.57. The summed E-state index contributed by atoms with van der Waals surface area (Å²) < 4.78 is 0. The lowest BCUT2D eigenvalue weighted by Crippen LogP contribution is -2.34. The summed E-state index contributed by atoms with van der Waals surface area (Å²) in [5.74, 6) is -0.140. The summed E-state index contributed by atoms with van der Waals surface area (Å²) in [5, 5.41) is 0. The summed E-state index contributed by atoms with van der Waals surface area (Å²) in [7, 11) is 0. The average Bonchev–Trinajstić information content (AvgIpc) is 1.88. The van der Waals surface area contributed by atoms with Crippen LogP contribution in [0.15, 0.2) is 0 Å². The van der Waals surface area contributed by atoms with Gasteiger partial charge in [0.05, 0.1) is 0 Å². The van der Waals surface area contributed by atoms with E-state index in [2.05, 4.69) is 0 Å². The van der Waals surface area contributed by atoms with E-state index < -0.39 is 0 Å². The Morgan fingerprint density at radius 1 is 1.36 bits per heavy atom. The van der Waals surface area contributed by atoms with Crippen LogP contribution in [0.5, 0.6) is 0 Å². The summed E-state index contributed by atoms with van der Waals surface area (Å²) in [5.41, 5.74) is 10.8. The van der Waals surface area contributed by atoms with Crippen molar-refractivity contribution in [2.45, 2.75) is 31.7 Å². The fourth-order valence-corrected chi connectivity index (χ4v) is 1.49. The van der Waals surface area contributed by atoms with Gasteiger partial charge in [0.15, 0.2) is 0 Å². The van der Waals surface area contributed by atoms with Gasteiger partial charge in [-0.25, -0.2) is 0 Å². The van der Waals surface area contributed by atoms with Gasteiger partial charge in [0.1, 0.15) is 0 Å². The maximum atomic E-state index is 10.7. The summed E-state index contributed by atoms with van der Waals surface area (Å²) in [4.78, 5) is 10.7. The van der Waals surface area contributed by atoms with Crippen LogP contribution in [-0.4, -0.2) is 11.9 Å². The van der Waals surface area contributed by atoms with Crippen LogP contribution in [0.4, 0.5) is 0 Å². The molecule has 1 aliphatic rings. The van der Waals surface area contributed by atoms with Crippen molar-refractivity contribution < 1.29 is 4.79 Å². The van der Waals surface area contributed by atoms with E-state index in [0.717, 1.165) is 25.7 Å². The van der Waals surface area contributed by atoms with Gasteiger partial charge in [-0.3, -0.25) is 4.79 Å². The minimum atomic E-state index is -0.185. The van der Waals surface area contributed by atoms with Gasteiger partial charge in [-0.15, -0.1) is 12.4 Å². The molecule has 1 saturated carbocycles. The number of hydrogen-bond donors (Lipinski definition) is 2. The van der Waals surface area contributed by atoms with Gasteiger partial charge in [0, 0.05) is 12.0 Å². The molecule has 0 aliphatic heterocycles. The second-order valence-corrected chi connectivity index (χ2v) is 3.03. The van der Waals surface area contributed by atoms with E-state index in [4.69, 9.17) is 11.5 Å². The molecule has 3 nitrogen and oxygen atoms in total. The third-order valence-electron chi connectivity index (χ3n) is 2.12. The predicted octanol–water partition coefficient (Wildman–Crippen LogP) is 0.411. The first-order valence-corrected chi connectivity index (χ1v) is 3.75. The molecule has 4 N–H and O–H groups in total. The van der Waals surface area contributed by atoms with Crippen LogP contribution < -0.4 is 11.5 Å². The Kier molecular flexibility index (Phi) is 4.45. The molecule has 0 saturated heterocycles. The number of nitrogens with two attached hydrogens (primary N) is 2. The molecule has 0 aromatic rings. The van der Waals surface area contributed by atoms with Gasteiger partial charge in [0.25, 0.3) is 0 Å². The third-order valence-corrected chi connectivity index (χ3v) is 2.12. The number of carbonyl (C=O) groups is 1. The lowest BCUT2D eigenvalue weighted by atomic mass is 9.86. The molecule has 0 heterocycles. The first-order chi connectivity index (χ1) is 4.70. The molecule has 4 heteroatoms. The molecule has 0 aromatic carbocycles. The monoisotopic (exact) mass is 178 g/mol. The third kappa shape index (κ3) is 3.08. The first kappa shape index (κ1) is 10.7. The van der Waals surface area contributed by atoms with Crippen LogP contribution in [-0.2, 0) is 4.79 Å². The van der Waals surface area contributed by atoms with Gasteiger partial charge < -0.3 is 11.5 Å². The molecule has 1 aliphatic carbocycles. The molecule has 2 atom stereocenters. The number of hydrogen-bond acceptors (Lipinski definition) is 2. The van der Waals surface area contributed by atoms with Gasteiger partial charge in [-0.05, 0) is 19.3 Å². The molecule has 11 heavy (non-hydrogen) atoms. The van der Waals surface area contributed by atoms with E-state index >= 15 is 0 Å². The van der Waals surface area contributed by atoms with Gasteiger partial charge in [-0.2, -0.15) is 0 Å². The highest BCUT2D eigenvalue weighted by molar-refractivity contribution is 5.85. The molecular weight excluding hydrogens is 164 g/mol. The van der Waals surface area contributed by atoms with Crippen molar-refractivity contribution >= 4 is 18.3 Å². The molecule has 0 radical (unpaired) electrons. The van der Waals surface area contributed by atoms with Crippen molar-refractivity contribution in [1.82, 2.24) is 0 Å². The zero-order valence-electron chi connectivity index (χ0n) is 6.45. The van der Waals surface area contributed by atoms with E-state index in [0.29, 0.717) is 0 Å².